The van der Waals surface area contributed by atoms with Crippen LogP contribution in [0.5, 0.6) is 0 Å². The molecule has 1 aromatic rings. The lowest BCUT2D eigenvalue weighted by atomic mass is 9.80. The molecule has 1 aromatic carbocycles. The Labute approximate surface area is 165 Å². The summed E-state index contributed by atoms with van der Waals surface area (Å²) in [6.45, 7) is 1.19. The van der Waals surface area contributed by atoms with E-state index in [1.54, 1.807) is 9.80 Å². The molecule has 2 heterocycles. The van der Waals surface area contributed by atoms with E-state index in [4.69, 9.17) is 4.74 Å². The summed E-state index contributed by atoms with van der Waals surface area (Å²) >= 11 is 0. The summed E-state index contributed by atoms with van der Waals surface area (Å²) in [4.78, 5) is 41.3. The lowest BCUT2D eigenvalue weighted by molar-refractivity contribution is -0.162. The van der Waals surface area contributed by atoms with Crippen molar-refractivity contribution in [2.75, 3.05) is 33.4 Å². The predicted octanol–water partition coefficient (Wildman–Crippen LogP) is 2.08. The Morgan fingerprint density at radius 3 is 2.57 bits per heavy atom. The number of methoxy groups -OCH3 is 1. The fraction of sp³-hybridized carbons (Fsp3) is 0.571. The van der Waals surface area contributed by atoms with Gasteiger partial charge >= 0.3 is 5.97 Å². The number of rotatable bonds is 6. The molecular weight excluding hydrogens is 360 g/mol. The molecule has 2 unspecified atom stereocenters. The van der Waals surface area contributed by atoms with Crippen LogP contribution in [-0.2, 0) is 19.1 Å². The van der Waals surface area contributed by atoms with Crippen molar-refractivity contribution in [1.29, 1.82) is 0 Å². The first kappa shape index (κ1) is 20.3. The molecule has 2 aliphatic heterocycles. The third-order valence-electron chi connectivity index (χ3n) is 5.78. The van der Waals surface area contributed by atoms with E-state index in [9.17, 15) is 19.5 Å². The average Bonchev–Trinajstić information content (AvgIpc) is 2.70. The van der Waals surface area contributed by atoms with Gasteiger partial charge in [0.2, 0.25) is 11.8 Å². The second-order valence-electron chi connectivity index (χ2n) is 7.74. The molecule has 152 valence electrons. The number of aliphatic carboxylic acids is 1. The van der Waals surface area contributed by atoms with Crippen LogP contribution in [0.15, 0.2) is 30.3 Å². The predicted molar refractivity (Wildman–Crippen MR) is 103 cm³/mol. The molecule has 0 saturated carbocycles. The van der Waals surface area contributed by atoms with Crippen LogP contribution < -0.4 is 0 Å². The minimum atomic E-state index is -1.10. The van der Waals surface area contributed by atoms with Crippen molar-refractivity contribution in [3.8, 4) is 0 Å². The molecule has 0 radical (unpaired) electrons. The largest absolute Gasteiger partial charge is 0.481 e. The Balaban J connectivity index is 1.90. The summed E-state index contributed by atoms with van der Waals surface area (Å²) in [6.07, 6.45) is 3.21. The minimum Gasteiger partial charge on any atom is -0.481 e. The molecule has 1 N–H and O–H groups in total. The van der Waals surface area contributed by atoms with Gasteiger partial charge in [-0.15, -0.1) is 0 Å². The van der Waals surface area contributed by atoms with Crippen molar-refractivity contribution in [3.05, 3.63) is 35.9 Å². The van der Waals surface area contributed by atoms with Crippen molar-refractivity contribution in [3.63, 3.8) is 0 Å². The van der Waals surface area contributed by atoms with Gasteiger partial charge in [-0.1, -0.05) is 30.3 Å². The smallest absolute Gasteiger partial charge is 0.313 e. The Kier molecular flexibility index (Phi) is 6.34. The number of carbonyl (C=O) groups excluding carboxylic acids is 2. The molecule has 0 bridgehead atoms. The van der Waals surface area contributed by atoms with Crippen LogP contribution in [-0.4, -0.2) is 66.0 Å². The molecule has 2 aliphatic rings. The van der Waals surface area contributed by atoms with Crippen molar-refractivity contribution in [1.82, 2.24) is 9.80 Å². The Morgan fingerprint density at radius 1 is 1.18 bits per heavy atom. The van der Waals surface area contributed by atoms with Gasteiger partial charge in [-0.3, -0.25) is 14.4 Å². The summed E-state index contributed by atoms with van der Waals surface area (Å²) in [5.74, 6) is -1.17. The van der Waals surface area contributed by atoms with Crippen molar-refractivity contribution < 1.29 is 24.2 Å². The number of hydrogen-bond acceptors (Lipinski definition) is 4. The molecule has 7 nitrogen and oxygen atoms in total. The van der Waals surface area contributed by atoms with E-state index in [0.29, 0.717) is 32.4 Å². The van der Waals surface area contributed by atoms with Crippen LogP contribution in [0.3, 0.4) is 0 Å². The van der Waals surface area contributed by atoms with E-state index in [1.807, 2.05) is 30.3 Å². The quantitative estimate of drug-likeness (QED) is 0.806. The van der Waals surface area contributed by atoms with Crippen LogP contribution in [0.1, 0.15) is 43.7 Å². The van der Waals surface area contributed by atoms with Gasteiger partial charge in [0.05, 0.1) is 6.61 Å². The lowest BCUT2D eigenvalue weighted by Gasteiger charge is -2.43. The number of benzene rings is 1. The highest BCUT2D eigenvalue weighted by Gasteiger charge is 2.46. The van der Waals surface area contributed by atoms with E-state index in [1.165, 1.54) is 7.11 Å². The molecule has 0 spiro atoms. The number of carbonyl (C=O) groups is 3. The van der Waals surface area contributed by atoms with Crippen LogP contribution in [0.25, 0.3) is 0 Å². The number of amides is 2. The van der Waals surface area contributed by atoms with Gasteiger partial charge in [0.25, 0.3) is 0 Å². The minimum absolute atomic E-state index is 0.0214. The average molecular weight is 388 g/mol. The maximum Gasteiger partial charge on any atom is 0.313 e. The zero-order chi connectivity index (χ0) is 20.1. The molecule has 3 rings (SSSR count). The number of piperidine rings is 2. The lowest BCUT2D eigenvalue weighted by Crippen LogP contribution is -2.55. The number of hydrogen-bond donors (Lipinski definition) is 1. The Hall–Kier alpha value is -2.41. The zero-order valence-electron chi connectivity index (χ0n) is 16.3. The number of carboxylic acid groups (broad SMARTS) is 1. The number of likely N-dealkylation sites (tertiary alicyclic amines) is 2. The first-order valence-electron chi connectivity index (χ1n) is 9.84. The second-order valence-corrected chi connectivity index (χ2v) is 7.74. The highest BCUT2D eigenvalue weighted by Crippen LogP contribution is 2.34. The molecule has 2 saturated heterocycles. The highest BCUT2D eigenvalue weighted by molar-refractivity contribution is 5.89. The van der Waals surface area contributed by atoms with Gasteiger partial charge in [0.1, 0.15) is 11.5 Å². The van der Waals surface area contributed by atoms with Crippen LogP contribution >= 0.6 is 0 Å². The van der Waals surface area contributed by atoms with E-state index in [-0.39, 0.29) is 25.0 Å². The SMILES string of the molecule is COCC1(C(=O)O)CCCN(C(=O)C(c2ccccc2)N2CCCCC2=O)C1. The molecule has 2 fully saturated rings. The third-order valence-corrected chi connectivity index (χ3v) is 5.78. The van der Waals surface area contributed by atoms with E-state index < -0.39 is 17.4 Å². The van der Waals surface area contributed by atoms with Gasteiger partial charge in [-0.05, 0) is 31.2 Å². The van der Waals surface area contributed by atoms with Crippen molar-refractivity contribution >= 4 is 17.8 Å². The van der Waals surface area contributed by atoms with E-state index in [2.05, 4.69) is 0 Å². The maximum atomic E-state index is 13.6. The normalized spacial score (nSPS) is 24.1. The van der Waals surface area contributed by atoms with E-state index in [0.717, 1.165) is 18.4 Å². The van der Waals surface area contributed by atoms with Gasteiger partial charge in [-0.25, -0.2) is 0 Å². The summed E-state index contributed by atoms with van der Waals surface area (Å²) in [7, 11) is 1.48. The fourth-order valence-electron chi connectivity index (χ4n) is 4.31. The summed E-state index contributed by atoms with van der Waals surface area (Å²) < 4.78 is 5.17. The van der Waals surface area contributed by atoms with Gasteiger partial charge in [0, 0.05) is 33.2 Å². The van der Waals surface area contributed by atoms with Crippen molar-refractivity contribution in [2.24, 2.45) is 5.41 Å². The van der Waals surface area contributed by atoms with Crippen molar-refractivity contribution in [2.45, 2.75) is 38.1 Å². The van der Waals surface area contributed by atoms with Gasteiger partial charge in [0.15, 0.2) is 0 Å². The van der Waals surface area contributed by atoms with Crippen LogP contribution in [0.4, 0.5) is 0 Å². The van der Waals surface area contributed by atoms with Crippen LogP contribution in [0.2, 0.25) is 0 Å². The standard InChI is InChI=1S/C21H28N2O5/c1-28-15-21(20(26)27)11-7-12-22(14-21)19(25)18(16-8-3-2-4-9-16)23-13-6-5-10-17(23)24/h2-4,8-9,18H,5-7,10-15H2,1H3,(H,26,27). The van der Waals surface area contributed by atoms with E-state index >= 15 is 0 Å². The molecule has 28 heavy (non-hydrogen) atoms. The summed E-state index contributed by atoms with van der Waals surface area (Å²) in [5, 5.41) is 9.78. The highest BCUT2D eigenvalue weighted by atomic mass is 16.5. The molecule has 0 aromatic heterocycles. The molecule has 7 heteroatoms. The number of ether oxygens (including phenoxy) is 1. The Bertz CT molecular complexity index is 719. The first-order chi connectivity index (χ1) is 13.5. The number of nitrogens with zero attached hydrogens (tertiary/aromatic N) is 2. The molecule has 0 aliphatic carbocycles. The van der Waals surface area contributed by atoms with Gasteiger partial charge in [-0.2, -0.15) is 0 Å². The maximum absolute atomic E-state index is 13.6. The zero-order valence-corrected chi connectivity index (χ0v) is 16.3. The topological polar surface area (TPSA) is 87.2 Å². The second kappa shape index (κ2) is 8.73. The summed E-state index contributed by atoms with van der Waals surface area (Å²) in [6, 6.07) is 8.58. The monoisotopic (exact) mass is 388 g/mol. The Morgan fingerprint density at radius 2 is 1.93 bits per heavy atom. The summed E-state index contributed by atoms with van der Waals surface area (Å²) in [5.41, 5.74) is -0.337. The number of carboxylic acids is 1. The van der Waals surface area contributed by atoms with Crippen LogP contribution in [0, 0.1) is 5.41 Å². The third kappa shape index (κ3) is 4.04. The molecule has 2 amide bonds. The fourth-order valence-corrected chi connectivity index (χ4v) is 4.31. The molecule has 2 atom stereocenters. The first-order valence-corrected chi connectivity index (χ1v) is 9.84. The molecular formula is C21H28N2O5. The van der Waals surface area contributed by atoms with Gasteiger partial charge < -0.3 is 19.6 Å².